The Hall–Kier alpha value is -2.91. The van der Waals surface area contributed by atoms with Gasteiger partial charge in [0.2, 0.25) is 0 Å². The van der Waals surface area contributed by atoms with Gasteiger partial charge >= 0.3 is 0 Å². The minimum absolute atomic E-state index is 0.0149. The molecule has 0 bridgehead atoms. The lowest BCUT2D eigenvalue weighted by Crippen LogP contribution is -2.47. The molecule has 35 heavy (non-hydrogen) atoms. The summed E-state index contributed by atoms with van der Waals surface area (Å²) in [6.45, 7) is 10.7. The summed E-state index contributed by atoms with van der Waals surface area (Å²) in [5.74, 6) is 0.396. The highest BCUT2D eigenvalue weighted by molar-refractivity contribution is 5.94. The van der Waals surface area contributed by atoms with E-state index in [4.69, 9.17) is 15.1 Å². The summed E-state index contributed by atoms with van der Waals surface area (Å²) in [7, 11) is 1.18. The van der Waals surface area contributed by atoms with E-state index in [-0.39, 0.29) is 19.1 Å². The molecule has 2 aromatic carbocycles. The Morgan fingerprint density at radius 3 is 2.23 bits per heavy atom. The van der Waals surface area contributed by atoms with Crippen molar-refractivity contribution in [1.29, 1.82) is 0 Å². The third-order valence-corrected chi connectivity index (χ3v) is 4.67. The van der Waals surface area contributed by atoms with Crippen LogP contribution in [0.15, 0.2) is 66.9 Å². The summed E-state index contributed by atoms with van der Waals surface area (Å²) in [5.41, 5.74) is 2.64. The third-order valence-electron chi connectivity index (χ3n) is 4.67. The van der Waals surface area contributed by atoms with Crippen molar-refractivity contribution in [3.63, 3.8) is 0 Å². The molecule has 0 fully saturated rings. The Kier molecular flexibility index (Phi) is 18.8. The van der Waals surface area contributed by atoms with Crippen LogP contribution in [0.3, 0.4) is 0 Å². The smallest absolute Gasteiger partial charge is 0.251 e. The maximum absolute atomic E-state index is 12.5. The van der Waals surface area contributed by atoms with E-state index in [1.165, 1.54) is 12.7 Å². The molecule has 5 N–H and O–H groups in total. The average molecular weight is 491 g/mol. The molecule has 1 amide bonds. The molecule has 2 aromatic rings. The summed E-state index contributed by atoms with van der Waals surface area (Å²) >= 11 is 0. The zero-order valence-electron chi connectivity index (χ0n) is 21.4. The van der Waals surface area contributed by atoms with Crippen molar-refractivity contribution in [3.8, 4) is 5.75 Å². The first-order chi connectivity index (χ1) is 16.9. The number of rotatable bonds is 13. The SMILES string of the molecule is C=C(C)NCCc1ccc(OCC(NC(=O)c2ccccc2)C(O)CCCO)cc1.CC.COO. The monoisotopic (exact) mass is 490 g/mol. The quantitative estimate of drug-likeness (QED) is 0.214. The van der Waals surface area contributed by atoms with E-state index in [0.717, 1.165) is 18.7 Å². The molecule has 0 aliphatic heterocycles. The van der Waals surface area contributed by atoms with Gasteiger partial charge in [0.25, 0.3) is 5.91 Å². The number of benzene rings is 2. The van der Waals surface area contributed by atoms with Crippen molar-refractivity contribution in [1.82, 2.24) is 10.6 Å². The van der Waals surface area contributed by atoms with Crippen molar-refractivity contribution < 1.29 is 29.9 Å². The van der Waals surface area contributed by atoms with E-state index in [1.807, 2.05) is 51.1 Å². The van der Waals surface area contributed by atoms with Crippen LogP contribution in [-0.4, -0.2) is 60.4 Å². The minimum atomic E-state index is -0.822. The van der Waals surface area contributed by atoms with Gasteiger partial charge in [-0.25, -0.2) is 4.89 Å². The van der Waals surface area contributed by atoms with Crippen LogP contribution in [0.2, 0.25) is 0 Å². The maximum Gasteiger partial charge on any atom is 0.251 e. The highest BCUT2D eigenvalue weighted by Crippen LogP contribution is 2.14. The molecule has 2 rings (SSSR count). The van der Waals surface area contributed by atoms with Gasteiger partial charge in [0.05, 0.1) is 19.3 Å². The lowest BCUT2D eigenvalue weighted by molar-refractivity contribution is -0.214. The predicted molar refractivity (Wildman–Crippen MR) is 139 cm³/mol. The topological polar surface area (TPSA) is 120 Å². The molecular weight excluding hydrogens is 448 g/mol. The Morgan fingerprint density at radius 1 is 1.09 bits per heavy atom. The second-order valence-corrected chi connectivity index (χ2v) is 7.47. The Labute approximate surface area is 209 Å². The van der Waals surface area contributed by atoms with E-state index in [2.05, 4.69) is 22.1 Å². The lowest BCUT2D eigenvalue weighted by atomic mass is 10.1. The largest absolute Gasteiger partial charge is 0.491 e. The van der Waals surface area contributed by atoms with E-state index < -0.39 is 12.1 Å². The van der Waals surface area contributed by atoms with E-state index in [9.17, 15) is 9.90 Å². The molecule has 0 heterocycles. The Bertz CT molecular complexity index is 799. The minimum Gasteiger partial charge on any atom is -0.491 e. The summed E-state index contributed by atoms with van der Waals surface area (Å²) in [4.78, 5) is 15.7. The number of hydrogen-bond donors (Lipinski definition) is 5. The predicted octanol–water partition coefficient (Wildman–Crippen LogP) is 3.80. The van der Waals surface area contributed by atoms with Gasteiger partial charge in [-0.2, -0.15) is 0 Å². The number of aliphatic hydroxyl groups excluding tert-OH is 2. The van der Waals surface area contributed by atoms with Gasteiger partial charge in [-0.15, -0.1) is 0 Å². The second kappa shape index (κ2) is 20.5. The number of amides is 1. The van der Waals surface area contributed by atoms with Crippen LogP contribution in [0.4, 0.5) is 0 Å². The number of allylic oxidation sites excluding steroid dienone is 1. The Morgan fingerprint density at radius 2 is 1.69 bits per heavy atom. The molecule has 0 aromatic heterocycles. The van der Waals surface area contributed by atoms with E-state index >= 15 is 0 Å². The van der Waals surface area contributed by atoms with Gasteiger partial charge < -0.3 is 25.6 Å². The first-order valence-electron chi connectivity index (χ1n) is 11.8. The van der Waals surface area contributed by atoms with Gasteiger partial charge in [-0.05, 0) is 56.0 Å². The van der Waals surface area contributed by atoms with Crippen LogP contribution in [-0.2, 0) is 11.3 Å². The molecule has 0 spiro atoms. The molecule has 0 radical (unpaired) electrons. The van der Waals surface area contributed by atoms with Crippen LogP contribution >= 0.6 is 0 Å². The van der Waals surface area contributed by atoms with Crippen molar-refractivity contribution in [2.24, 2.45) is 0 Å². The fourth-order valence-corrected chi connectivity index (χ4v) is 2.95. The average Bonchev–Trinajstić information content (AvgIpc) is 2.87. The number of ether oxygens (including phenoxy) is 1. The second-order valence-electron chi connectivity index (χ2n) is 7.47. The van der Waals surface area contributed by atoms with E-state index in [1.54, 1.807) is 24.3 Å². The molecule has 0 saturated heterocycles. The molecule has 196 valence electrons. The highest BCUT2D eigenvalue weighted by Gasteiger charge is 2.22. The van der Waals surface area contributed by atoms with Crippen LogP contribution in [0.25, 0.3) is 0 Å². The fourth-order valence-electron chi connectivity index (χ4n) is 2.95. The van der Waals surface area contributed by atoms with Gasteiger partial charge in [-0.1, -0.05) is 50.8 Å². The molecule has 8 heteroatoms. The number of carbonyl (C=O) groups excluding carboxylic acids is 1. The van der Waals surface area contributed by atoms with Crippen LogP contribution in [0.5, 0.6) is 5.75 Å². The van der Waals surface area contributed by atoms with Gasteiger partial charge in [0.15, 0.2) is 0 Å². The fraction of sp³-hybridized carbons (Fsp3) is 0.444. The summed E-state index contributed by atoms with van der Waals surface area (Å²) in [6, 6.07) is 16.0. The highest BCUT2D eigenvalue weighted by atomic mass is 17.1. The zero-order valence-corrected chi connectivity index (χ0v) is 21.4. The van der Waals surface area contributed by atoms with Crippen molar-refractivity contribution in [3.05, 3.63) is 78.0 Å². The third kappa shape index (κ3) is 14.9. The first kappa shape index (κ1) is 32.1. The van der Waals surface area contributed by atoms with Crippen molar-refractivity contribution >= 4 is 5.91 Å². The number of hydrogen-bond acceptors (Lipinski definition) is 7. The van der Waals surface area contributed by atoms with Gasteiger partial charge in [0, 0.05) is 24.4 Å². The molecule has 0 aliphatic rings. The molecular formula is C27H42N2O6. The van der Waals surface area contributed by atoms with Crippen molar-refractivity contribution in [2.75, 3.05) is 26.9 Å². The normalized spacial score (nSPS) is 11.5. The Balaban J connectivity index is 0.00000214. The summed E-state index contributed by atoms with van der Waals surface area (Å²) < 4.78 is 5.84. The lowest BCUT2D eigenvalue weighted by Gasteiger charge is -2.24. The van der Waals surface area contributed by atoms with Crippen molar-refractivity contribution in [2.45, 2.75) is 52.2 Å². The number of carbonyl (C=O) groups is 1. The van der Waals surface area contributed by atoms with E-state index in [0.29, 0.717) is 24.2 Å². The maximum atomic E-state index is 12.5. The molecule has 0 aliphatic carbocycles. The molecule has 8 nitrogen and oxygen atoms in total. The van der Waals surface area contributed by atoms with Crippen LogP contribution in [0.1, 0.15) is 49.5 Å². The standard InChI is InChI=1S/C24H32N2O4.C2H6.CH4O2/c1-18(2)25-15-14-19-10-12-21(13-11-19)30-17-22(23(28)9-6-16-27)26-24(29)20-7-4-3-5-8-20;1-2;1-3-2/h3-5,7-8,10-13,22-23,25,27-28H,1,6,9,14-17H2,2H3,(H,26,29);1-2H3;2H,1H3. The first-order valence-corrected chi connectivity index (χ1v) is 11.8. The van der Waals surface area contributed by atoms with Gasteiger partial charge in [-0.3, -0.25) is 10.1 Å². The number of nitrogens with one attached hydrogen (secondary N) is 2. The summed E-state index contributed by atoms with van der Waals surface area (Å²) in [6.07, 6.45) is 0.875. The van der Waals surface area contributed by atoms with Gasteiger partial charge in [0.1, 0.15) is 12.4 Å². The number of aliphatic hydroxyl groups is 2. The van der Waals surface area contributed by atoms with Crippen LogP contribution < -0.4 is 15.4 Å². The summed E-state index contributed by atoms with van der Waals surface area (Å²) in [5, 5.41) is 32.6. The van der Waals surface area contributed by atoms with Crippen LogP contribution in [0, 0.1) is 0 Å². The zero-order chi connectivity index (χ0) is 26.5. The molecule has 0 saturated carbocycles. The molecule has 2 atom stereocenters. The molecule has 2 unspecified atom stereocenters.